The summed E-state index contributed by atoms with van der Waals surface area (Å²) in [4.78, 5) is 14.2. The van der Waals surface area contributed by atoms with Gasteiger partial charge in [-0.2, -0.15) is 0 Å². The molecule has 114 valence electrons. The van der Waals surface area contributed by atoms with Crippen molar-refractivity contribution in [3.05, 3.63) is 47.3 Å². The van der Waals surface area contributed by atoms with Crippen LogP contribution in [0.4, 0.5) is 4.39 Å². The average Bonchev–Trinajstić information content (AvgIpc) is 2.49. The maximum absolute atomic E-state index is 13.3. The van der Waals surface area contributed by atoms with Gasteiger partial charge in [-0.1, -0.05) is 17.7 Å². The van der Waals surface area contributed by atoms with Gasteiger partial charge in [-0.3, -0.25) is 4.79 Å². The Morgan fingerprint density at radius 1 is 1.57 bits per heavy atom. The standard InChI is InChI=1S/C16H19ClFNO2/c1-2-6-16(11-20)7-3-8-19(10-16)15(21)13-9-12(18)4-5-14(13)17/h2,4-5,9,20H,1,3,6-8,10-11H2. The first-order chi connectivity index (χ1) is 10.0. The van der Waals surface area contributed by atoms with Crippen LogP contribution in [-0.4, -0.2) is 35.6 Å². The molecule has 1 amide bonds. The first-order valence-electron chi connectivity index (χ1n) is 6.97. The van der Waals surface area contributed by atoms with E-state index in [9.17, 15) is 14.3 Å². The highest BCUT2D eigenvalue weighted by Crippen LogP contribution is 2.34. The number of rotatable bonds is 4. The second kappa shape index (κ2) is 6.58. The Bertz CT molecular complexity index is 549. The molecule has 0 bridgehead atoms. The predicted molar refractivity (Wildman–Crippen MR) is 80.9 cm³/mol. The molecule has 0 aromatic heterocycles. The summed E-state index contributed by atoms with van der Waals surface area (Å²) in [5, 5.41) is 9.91. The van der Waals surface area contributed by atoms with Gasteiger partial charge in [-0.15, -0.1) is 6.58 Å². The van der Waals surface area contributed by atoms with Gasteiger partial charge in [0.05, 0.1) is 17.2 Å². The summed E-state index contributed by atoms with van der Waals surface area (Å²) in [6, 6.07) is 3.77. The molecule has 5 heteroatoms. The molecular weight excluding hydrogens is 293 g/mol. The fraction of sp³-hybridized carbons (Fsp3) is 0.438. The van der Waals surface area contributed by atoms with Crippen molar-refractivity contribution in [3.8, 4) is 0 Å². The number of benzene rings is 1. The smallest absolute Gasteiger partial charge is 0.255 e. The van der Waals surface area contributed by atoms with Gasteiger partial charge in [0.1, 0.15) is 5.82 Å². The number of likely N-dealkylation sites (tertiary alicyclic amines) is 1. The monoisotopic (exact) mass is 311 g/mol. The SMILES string of the molecule is C=CCC1(CO)CCCN(C(=O)c2cc(F)ccc2Cl)C1. The highest BCUT2D eigenvalue weighted by molar-refractivity contribution is 6.33. The minimum atomic E-state index is -0.487. The molecule has 0 spiro atoms. The van der Waals surface area contributed by atoms with E-state index >= 15 is 0 Å². The third-order valence-electron chi connectivity index (χ3n) is 4.02. The van der Waals surface area contributed by atoms with Crippen LogP contribution in [0.5, 0.6) is 0 Å². The lowest BCUT2D eigenvalue weighted by Gasteiger charge is -2.41. The number of nitrogens with zero attached hydrogens (tertiary/aromatic N) is 1. The third-order valence-corrected chi connectivity index (χ3v) is 4.35. The van der Waals surface area contributed by atoms with Gasteiger partial charge in [-0.25, -0.2) is 4.39 Å². The molecule has 2 rings (SSSR count). The average molecular weight is 312 g/mol. The van der Waals surface area contributed by atoms with E-state index in [1.807, 2.05) is 0 Å². The molecule has 21 heavy (non-hydrogen) atoms. The molecule has 3 nitrogen and oxygen atoms in total. The second-order valence-electron chi connectivity index (χ2n) is 5.61. The number of aliphatic hydroxyl groups excluding tert-OH is 1. The Morgan fingerprint density at radius 3 is 3.00 bits per heavy atom. The first-order valence-corrected chi connectivity index (χ1v) is 7.35. The van der Waals surface area contributed by atoms with E-state index in [1.165, 1.54) is 12.1 Å². The van der Waals surface area contributed by atoms with Crippen LogP contribution in [0.25, 0.3) is 0 Å². The summed E-state index contributed by atoms with van der Waals surface area (Å²) in [5.41, 5.74) is -0.181. The van der Waals surface area contributed by atoms with Crippen molar-refractivity contribution in [2.24, 2.45) is 5.41 Å². The Kier molecular flexibility index (Phi) is 5.01. The van der Waals surface area contributed by atoms with Crippen molar-refractivity contribution in [2.45, 2.75) is 19.3 Å². The molecule has 1 aliphatic rings. The maximum atomic E-state index is 13.3. The summed E-state index contributed by atoms with van der Waals surface area (Å²) in [6.07, 6.45) is 4.05. The lowest BCUT2D eigenvalue weighted by molar-refractivity contribution is 0.0285. The van der Waals surface area contributed by atoms with Crippen LogP contribution < -0.4 is 0 Å². The van der Waals surface area contributed by atoms with Crippen LogP contribution >= 0.6 is 11.6 Å². The van der Waals surface area contributed by atoms with Gasteiger partial charge in [0.2, 0.25) is 0 Å². The van der Waals surface area contributed by atoms with Crippen LogP contribution in [-0.2, 0) is 0 Å². The molecule has 0 aliphatic carbocycles. The fourth-order valence-electron chi connectivity index (χ4n) is 2.88. The zero-order chi connectivity index (χ0) is 15.5. The number of hydrogen-bond acceptors (Lipinski definition) is 2. The van der Waals surface area contributed by atoms with Crippen LogP contribution in [0.3, 0.4) is 0 Å². The number of halogens is 2. The molecular formula is C16H19ClFNO2. The van der Waals surface area contributed by atoms with Crippen LogP contribution in [0.1, 0.15) is 29.6 Å². The lowest BCUT2D eigenvalue weighted by atomic mass is 9.77. The number of hydrogen-bond donors (Lipinski definition) is 1. The summed E-state index contributed by atoms with van der Waals surface area (Å²) in [7, 11) is 0. The molecule has 0 saturated carbocycles. The van der Waals surface area contributed by atoms with Gasteiger partial charge in [-0.05, 0) is 37.5 Å². The Balaban J connectivity index is 2.22. The van der Waals surface area contributed by atoms with Crippen molar-refractivity contribution < 1.29 is 14.3 Å². The van der Waals surface area contributed by atoms with Crippen LogP contribution in [0.2, 0.25) is 5.02 Å². The van der Waals surface area contributed by atoms with E-state index in [2.05, 4.69) is 6.58 Å². The quantitative estimate of drug-likeness (QED) is 0.867. The topological polar surface area (TPSA) is 40.5 Å². The van der Waals surface area contributed by atoms with E-state index in [-0.39, 0.29) is 28.5 Å². The highest BCUT2D eigenvalue weighted by Gasteiger charge is 2.36. The molecule has 0 radical (unpaired) electrons. The van der Waals surface area contributed by atoms with Crippen molar-refractivity contribution in [1.82, 2.24) is 4.90 Å². The Hall–Kier alpha value is -1.39. The number of carbonyl (C=O) groups excluding carboxylic acids is 1. The summed E-state index contributed by atoms with van der Waals surface area (Å²) >= 11 is 6.00. The first kappa shape index (κ1) is 16.0. The number of carbonyl (C=O) groups is 1. The van der Waals surface area contributed by atoms with Gasteiger partial charge >= 0.3 is 0 Å². The molecule has 1 heterocycles. The molecule has 1 aliphatic heterocycles. The van der Waals surface area contributed by atoms with Gasteiger partial charge in [0, 0.05) is 18.5 Å². The maximum Gasteiger partial charge on any atom is 0.255 e. The number of aliphatic hydroxyl groups is 1. The molecule has 1 unspecified atom stereocenters. The van der Waals surface area contributed by atoms with E-state index in [1.54, 1.807) is 11.0 Å². The summed E-state index contributed by atoms with van der Waals surface area (Å²) in [5.74, 6) is -0.777. The van der Waals surface area contributed by atoms with Crippen molar-refractivity contribution in [1.29, 1.82) is 0 Å². The molecule has 1 atom stereocenters. The molecule has 1 N–H and O–H groups in total. The predicted octanol–water partition coefficient (Wildman–Crippen LogP) is 3.27. The van der Waals surface area contributed by atoms with Crippen molar-refractivity contribution >= 4 is 17.5 Å². The molecule has 1 fully saturated rings. The minimum absolute atomic E-state index is 0.000315. The normalized spacial score (nSPS) is 22.1. The third kappa shape index (κ3) is 3.44. The van der Waals surface area contributed by atoms with Gasteiger partial charge < -0.3 is 10.0 Å². The van der Waals surface area contributed by atoms with E-state index in [4.69, 9.17) is 11.6 Å². The zero-order valence-electron chi connectivity index (χ0n) is 11.8. The molecule has 1 aromatic carbocycles. The van der Waals surface area contributed by atoms with Crippen molar-refractivity contribution in [2.75, 3.05) is 19.7 Å². The minimum Gasteiger partial charge on any atom is -0.396 e. The number of piperidine rings is 1. The van der Waals surface area contributed by atoms with Gasteiger partial charge in [0.15, 0.2) is 0 Å². The van der Waals surface area contributed by atoms with Crippen LogP contribution in [0.15, 0.2) is 30.9 Å². The molecule has 1 saturated heterocycles. The van der Waals surface area contributed by atoms with Crippen LogP contribution in [0, 0.1) is 11.2 Å². The van der Waals surface area contributed by atoms with Crippen molar-refractivity contribution in [3.63, 3.8) is 0 Å². The zero-order valence-corrected chi connectivity index (χ0v) is 12.6. The number of allylic oxidation sites excluding steroid dienone is 1. The van der Waals surface area contributed by atoms with E-state index in [0.717, 1.165) is 18.9 Å². The Labute approximate surface area is 129 Å². The number of amides is 1. The van der Waals surface area contributed by atoms with E-state index in [0.29, 0.717) is 19.5 Å². The van der Waals surface area contributed by atoms with Gasteiger partial charge in [0.25, 0.3) is 5.91 Å². The largest absolute Gasteiger partial charge is 0.396 e. The highest BCUT2D eigenvalue weighted by atomic mass is 35.5. The van der Waals surface area contributed by atoms with E-state index < -0.39 is 5.82 Å². The lowest BCUT2D eigenvalue weighted by Crippen LogP contribution is -2.47. The second-order valence-corrected chi connectivity index (χ2v) is 6.01. The fourth-order valence-corrected chi connectivity index (χ4v) is 3.08. The Morgan fingerprint density at radius 2 is 2.33 bits per heavy atom. The molecule has 1 aromatic rings. The summed E-state index contributed by atoms with van der Waals surface area (Å²) < 4.78 is 13.3. The summed E-state index contributed by atoms with van der Waals surface area (Å²) in [6.45, 7) is 4.74.